The lowest BCUT2D eigenvalue weighted by Gasteiger charge is -2.18. The van der Waals surface area contributed by atoms with Gasteiger partial charge in [-0.05, 0) is 36.2 Å². The van der Waals surface area contributed by atoms with Crippen LogP contribution in [0.15, 0.2) is 36.4 Å². The van der Waals surface area contributed by atoms with E-state index in [1.54, 1.807) is 4.90 Å². The number of ether oxygens (including phenoxy) is 5. The van der Waals surface area contributed by atoms with Gasteiger partial charge in [-0.1, -0.05) is 6.07 Å². The second-order valence-corrected chi connectivity index (χ2v) is 7.30. The van der Waals surface area contributed by atoms with Crippen LogP contribution < -0.4 is 23.7 Å². The molecule has 2 atom stereocenters. The summed E-state index contributed by atoms with van der Waals surface area (Å²) in [5.41, 5.74) is 1.06. The maximum absolute atomic E-state index is 12.7. The van der Waals surface area contributed by atoms with Gasteiger partial charge in [-0.15, -0.1) is 0 Å². The van der Waals surface area contributed by atoms with E-state index >= 15 is 0 Å². The van der Waals surface area contributed by atoms with Crippen molar-refractivity contribution in [2.45, 2.75) is 6.42 Å². The number of carbonyl (C=O) groups is 1. The quantitative estimate of drug-likeness (QED) is 0.790. The Bertz CT molecular complexity index is 914. The van der Waals surface area contributed by atoms with E-state index < -0.39 is 0 Å². The summed E-state index contributed by atoms with van der Waals surface area (Å²) in [6.07, 6.45) is 0.648. The van der Waals surface area contributed by atoms with Gasteiger partial charge >= 0.3 is 0 Å². The molecule has 0 spiro atoms. The van der Waals surface area contributed by atoms with Crippen LogP contribution in [0.25, 0.3) is 0 Å². The Balaban J connectivity index is 1.28. The maximum Gasteiger partial charge on any atom is 0.231 e. The SMILES string of the molecule is CN1C[C@@H](COc2ccc3c(c2)OCO3)[C@H](Cc2ccc3c(c2)OCO3)C1=O. The highest BCUT2D eigenvalue weighted by Crippen LogP contribution is 2.37. The first-order chi connectivity index (χ1) is 13.7. The number of benzene rings is 2. The molecule has 2 aromatic rings. The predicted molar refractivity (Wildman–Crippen MR) is 98.9 cm³/mol. The Hall–Kier alpha value is -3.09. The minimum atomic E-state index is -0.126. The molecule has 5 rings (SSSR count). The second kappa shape index (κ2) is 6.82. The fraction of sp³-hybridized carbons (Fsp3) is 0.381. The molecule has 3 heterocycles. The number of fused-ring (bicyclic) bond motifs is 2. The molecule has 0 saturated carbocycles. The van der Waals surface area contributed by atoms with E-state index in [0.29, 0.717) is 31.1 Å². The molecular weight excluding hydrogens is 362 g/mol. The fourth-order valence-electron chi connectivity index (χ4n) is 3.97. The van der Waals surface area contributed by atoms with Crippen molar-refractivity contribution >= 4 is 5.91 Å². The van der Waals surface area contributed by atoms with Crippen molar-refractivity contribution in [1.29, 1.82) is 0 Å². The molecule has 146 valence electrons. The molecule has 0 aliphatic carbocycles. The average molecular weight is 383 g/mol. The lowest BCUT2D eigenvalue weighted by atomic mass is 9.89. The first kappa shape index (κ1) is 17.0. The largest absolute Gasteiger partial charge is 0.493 e. The van der Waals surface area contributed by atoms with Crippen molar-refractivity contribution in [2.75, 3.05) is 33.8 Å². The number of likely N-dealkylation sites (tertiary alicyclic amines) is 1. The van der Waals surface area contributed by atoms with Crippen LogP contribution in [0, 0.1) is 11.8 Å². The summed E-state index contributed by atoms with van der Waals surface area (Å²) in [7, 11) is 1.84. The van der Waals surface area contributed by atoms with Crippen molar-refractivity contribution in [3.05, 3.63) is 42.0 Å². The third-order valence-corrected chi connectivity index (χ3v) is 5.47. The molecule has 0 aromatic heterocycles. The zero-order chi connectivity index (χ0) is 19.1. The monoisotopic (exact) mass is 383 g/mol. The maximum atomic E-state index is 12.7. The van der Waals surface area contributed by atoms with Crippen LogP contribution in [0.4, 0.5) is 0 Å². The number of carbonyl (C=O) groups excluding carboxylic acids is 1. The van der Waals surface area contributed by atoms with Crippen molar-refractivity contribution in [2.24, 2.45) is 11.8 Å². The fourth-order valence-corrected chi connectivity index (χ4v) is 3.97. The number of hydrogen-bond donors (Lipinski definition) is 0. The summed E-state index contributed by atoms with van der Waals surface area (Å²) in [6, 6.07) is 11.4. The molecule has 0 bridgehead atoms. The van der Waals surface area contributed by atoms with Gasteiger partial charge in [-0.3, -0.25) is 4.79 Å². The molecule has 1 amide bonds. The first-order valence-electron chi connectivity index (χ1n) is 9.33. The van der Waals surface area contributed by atoms with Crippen LogP contribution in [0.1, 0.15) is 5.56 Å². The second-order valence-electron chi connectivity index (χ2n) is 7.30. The van der Waals surface area contributed by atoms with E-state index in [1.165, 1.54) is 0 Å². The van der Waals surface area contributed by atoms with E-state index in [2.05, 4.69) is 0 Å². The van der Waals surface area contributed by atoms with E-state index in [0.717, 1.165) is 22.8 Å². The Morgan fingerprint density at radius 2 is 1.64 bits per heavy atom. The molecule has 7 heteroatoms. The van der Waals surface area contributed by atoms with Gasteiger partial charge in [-0.25, -0.2) is 0 Å². The molecule has 3 aliphatic heterocycles. The summed E-state index contributed by atoms with van der Waals surface area (Å²) < 4.78 is 27.5. The molecule has 1 fully saturated rings. The average Bonchev–Trinajstić information content (AvgIpc) is 3.41. The third kappa shape index (κ3) is 3.06. The number of rotatable bonds is 5. The van der Waals surface area contributed by atoms with Crippen LogP contribution in [0.5, 0.6) is 28.7 Å². The van der Waals surface area contributed by atoms with Gasteiger partial charge < -0.3 is 28.6 Å². The highest BCUT2D eigenvalue weighted by Gasteiger charge is 2.39. The highest BCUT2D eigenvalue weighted by atomic mass is 16.7. The molecule has 0 N–H and O–H groups in total. The van der Waals surface area contributed by atoms with Gasteiger partial charge in [0.1, 0.15) is 5.75 Å². The van der Waals surface area contributed by atoms with E-state index in [-0.39, 0.29) is 31.3 Å². The highest BCUT2D eigenvalue weighted by molar-refractivity contribution is 5.81. The molecule has 0 unspecified atom stereocenters. The van der Waals surface area contributed by atoms with Crippen molar-refractivity contribution in [1.82, 2.24) is 4.90 Å². The smallest absolute Gasteiger partial charge is 0.231 e. The van der Waals surface area contributed by atoms with Crippen LogP contribution in [-0.2, 0) is 11.2 Å². The van der Waals surface area contributed by atoms with Gasteiger partial charge in [0.05, 0.1) is 6.61 Å². The molecule has 7 nitrogen and oxygen atoms in total. The van der Waals surface area contributed by atoms with E-state index in [9.17, 15) is 4.79 Å². The van der Waals surface area contributed by atoms with Crippen molar-refractivity contribution in [3.8, 4) is 28.7 Å². The number of nitrogens with zero attached hydrogens (tertiary/aromatic N) is 1. The van der Waals surface area contributed by atoms with Crippen LogP contribution >= 0.6 is 0 Å². The molecule has 3 aliphatic rings. The van der Waals surface area contributed by atoms with E-state index in [1.807, 2.05) is 43.4 Å². The summed E-state index contributed by atoms with van der Waals surface area (Å²) in [5, 5.41) is 0. The summed E-state index contributed by atoms with van der Waals surface area (Å²) >= 11 is 0. The molecular formula is C21H21NO6. The van der Waals surface area contributed by atoms with Gasteiger partial charge in [-0.2, -0.15) is 0 Å². The minimum absolute atomic E-state index is 0.105. The van der Waals surface area contributed by atoms with Crippen molar-refractivity contribution in [3.63, 3.8) is 0 Å². The van der Waals surface area contributed by atoms with Crippen LogP contribution in [0.3, 0.4) is 0 Å². The Morgan fingerprint density at radius 1 is 0.964 bits per heavy atom. The first-order valence-corrected chi connectivity index (χ1v) is 9.33. The van der Waals surface area contributed by atoms with Gasteiger partial charge in [0.2, 0.25) is 19.5 Å². The lowest BCUT2D eigenvalue weighted by molar-refractivity contribution is -0.130. The predicted octanol–water partition coefficient (Wildman–Crippen LogP) is 2.47. The van der Waals surface area contributed by atoms with E-state index in [4.69, 9.17) is 23.7 Å². The number of hydrogen-bond acceptors (Lipinski definition) is 6. The lowest BCUT2D eigenvalue weighted by Crippen LogP contribution is -2.25. The summed E-state index contributed by atoms with van der Waals surface area (Å²) in [4.78, 5) is 14.5. The molecule has 2 aromatic carbocycles. The summed E-state index contributed by atoms with van der Waals surface area (Å²) in [5.74, 6) is 3.75. The van der Waals surface area contributed by atoms with Crippen LogP contribution in [0.2, 0.25) is 0 Å². The van der Waals surface area contributed by atoms with Gasteiger partial charge in [0.15, 0.2) is 23.0 Å². The molecule has 28 heavy (non-hydrogen) atoms. The third-order valence-electron chi connectivity index (χ3n) is 5.47. The van der Waals surface area contributed by atoms with Crippen molar-refractivity contribution < 1.29 is 28.5 Å². The topological polar surface area (TPSA) is 66.5 Å². The Morgan fingerprint density at radius 3 is 2.43 bits per heavy atom. The van der Waals surface area contributed by atoms with Gasteiger partial charge in [0.25, 0.3) is 0 Å². The van der Waals surface area contributed by atoms with Gasteiger partial charge in [0, 0.05) is 31.5 Å². The Labute approximate surface area is 162 Å². The minimum Gasteiger partial charge on any atom is -0.493 e. The number of amides is 1. The van der Waals surface area contributed by atoms with Crippen LogP contribution in [-0.4, -0.2) is 44.6 Å². The zero-order valence-corrected chi connectivity index (χ0v) is 15.6. The Kier molecular flexibility index (Phi) is 4.15. The standard InChI is InChI=1S/C21H21NO6/c1-22-9-14(10-24-15-3-5-18-20(8-15)28-12-26-18)16(21(22)23)6-13-2-4-17-19(7-13)27-11-25-17/h2-5,7-8,14,16H,6,9-12H2,1H3/t14-,16-/m0/s1. The molecule has 0 radical (unpaired) electrons. The normalized spacial score (nSPS) is 22.0. The zero-order valence-electron chi connectivity index (χ0n) is 15.6. The molecule has 1 saturated heterocycles. The summed E-state index contributed by atoms with van der Waals surface area (Å²) in [6.45, 7) is 1.62.